The Kier molecular flexibility index (Phi) is 4.91. The van der Waals surface area contributed by atoms with Gasteiger partial charge in [0, 0.05) is 18.2 Å². The molecule has 0 saturated carbocycles. The normalized spacial score (nSPS) is 10.0. The first-order valence-electron chi connectivity index (χ1n) is 7.08. The van der Waals surface area contributed by atoms with E-state index in [4.69, 9.17) is 4.74 Å². The highest BCUT2D eigenvalue weighted by Crippen LogP contribution is 2.20. The van der Waals surface area contributed by atoms with Gasteiger partial charge in [-0.3, -0.25) is 9.59 Å². The van der Waals surface area contributed by atoms with Crippen LogP contribution in [0.25, 0.3) is 0 Å². The third kappa shape index (κ3) is 4.26. The van der Waals surface area contributed by atoms with Gasteiger partial charge in [-0.05, 0) is 43.7 Å². The first-order valence-corrected chi connectivity index (χ1v) is 7.08. The highest BCUT2D eigenvalue weighted by molar-refractivity contribution is 5.96. The number of carbonyl (C=O) groups is 3. The van der Waals surface area contributed by atoms with Crippen LogP contribution in [0.15, 0.2) is 42.5 Å². The molecule has 0 spiro atoms. The van der Waals surface area contributed by atoms with Crippen LogP contribution in [0, 0.1) is 6.92 Å². The van der Waals surface area contributed by atoms with Crippen molar-refractivity contribution in [2.45, 2.75) is 20.8 Å². The molecule has 1 amide bonds. The number of amides is 1. The Hall–Kier alpha value is -2.95. The molecule has 1 N–H and O–H groups in total. The third-order valence-corrected chi connectivity index (χ3v) is 3.24. The standard InChI is InChI=1S/C18H17NO4/c1-11-7-8-15(10-17(11)19-13(3)21)18(22)23-16-6-4-5-14(9-16)12(2)20/h4-10H,1-3H3,(H,19,21). The van der Waals surface area contributed by atoms with Gasteiger partial charge in [-0.1, -0.05) is 18.2 Å². The van der Waals surface area contributed by atoms with E-state index in [2.05, 4.69) is 5.32 Å². The Morgan fingerprint density at radius 3 is 2.35 bits per heavy atom. The summed E-state index contributed by atoms with van der Waals surface area (Å²) in [6.45, 7) is 4.68. The van der Waals surface area contributed by atoms with E-state index in [0.29, 0.717) is 22.6 Å². The van der Waals surface area contributed by atoms with Crippen LogP contribution < -0.4 is 10.1 Å². The molecule has 0 unspecified atom stereocenters. The van der Waals surface area contributed by atoms with Gasteiger partial charge in [0.25, 0.3) is 0 Å². The Morgan fingerprint density at radius 2 is 1.70 bits per heavy atom. The molecule has 0 fully saturated rings. The number of aryl methyl sites for hydroxylation is 1. The zero-order valence-corrected chi connectivity index (χ0v) is 13.2. The summed E-state index contributed by atoms with van der Waals surface area (Å²) in [4.78, 5) is 34.8. The summed E-state index contributed by atoms with van der Waals surface area (Å²) >= 11 is 0. The van der Waals surface area contributed by atoms with E-state index in [0.717, 1.165) is 5.56 Å². The molecule has 0 atom stereocenters. The predicted molar refractivity (Wildman–Crippen MR) is 86.9 cm³/mol. The molecule has 0 heterocycles. The molecule has 2 aromatic carbocycles. The Balaban J connectivity index is 2.22. The molecular weight excluding hydrogens is 294 g/mol. The van der Waals surface area contributed by atoms with Gasteiger partial charge in [0.2, 0.25) is 5.91 Å². The molecular formula is C18H17NO4. The maximum atomic E-state index is 12.2. The van der Waals surface area contributed by atoms with Gasteiger partial charge in [-0.15, -0.1) is 0 Å². The van der Waals surface area contributed by atoms with Crippen molar-refractivity contribution in [1.29, 1.82) is 0 Å². The molecule has 0 radical (unpaired) electrons. The first-order chi connectivity index (χ1) is 10.9. The molecule has 5 heteroatoms. The zero-order valence-electron chi connectivity index (χ0n) is 13.2. The fraction of sp³-hybridized carbons (Fsp3) is 0.167. The highest BCUT2D eigenvalue weighted by atomic mass is 16.5. The van der Waals surface area contributed by atoms with Crippen molar-refractivity contribution in [3.63, 3.8) is 0 Å². The minimum absolute atomic E-state index is 0.105. The van der Waals surface area contributed by atoms with E-state index in [9.17, 15) is 14.4 Å². The van der Waals surface area contributed by atoms with Crippen LogP contribution in [-0.2, 0) is 4.79 Å². The first kappa shape index (κ1) is 16.4. The number of ketones is 1. The summed E-state index contributed by atoms with van der Waals surface area (Å²) in [5.41, 5.74) is 2.19. The number of Topliss-reactive ketones (excluding diaryl/α,β-unsaturated/α-hetero) is 1. The van der Waals surface area contributed by atoms with Gasteiger partial charge in [-0.2, -0.15) is 0 Å². The van der Waals surface area contributed by atoms with Crippen LogP contribution in [0.1, 0.15) is 40.1 Å². The molecule has 5 nitrogen and oxygen atoms in total. The van der Waals surface area contributed by atoms with E-state index in [1.807, 2.05) is 6.92 Å². The lowest BCUT2D eigenvalue weighted by Crippen LogP contribution is -2.12. The van der Waals surface area contributed by atoms with Crippen LogP contribution >= 0.6 is 0 Å². The van der Waals surface area contributed by atoms with Gasteiger partial charge in [0.05, 0.1) is 5.56 Å². The second-order valence-electron chi connectivity index (χ2n) is 5.18. The van der Waals surface area contributed by atoms with E-state index >= 15 is 0 Å². The average Bonchev–Trinajstić information content (AvgIpc) is 2.49. The molecule has 23 heavy (non-hydrogen) atoms. The molecule has 0 aliphatic rings. The van der Waals surface area contributed by atoms with Crippen LogP contribution in [0.3, 0.4) is 0 Å². The number of anilines is 1. The van der Waals surface area contributed by atoms with Gasteiger partial charge < -0.3 is 10.1 Å². The maximum absolute atomic E-state index is 12.2. The van der Waals surface area contributed by atoms with Crippen molar-refractivity contribution >= 4 is 23.3 Å². The second kappa shape index (κ2) is 6.87. The van der Waals surface area contributed by atoms with E-state index < -0.39 is 5.97 Å². The molecule has 0 aromatic heterocycles. The molecule has 2 rings (SSSR count). The van der Waals surface area contributed by atoms with Gasteiger partial charge in [0.15, 0.2) is 5.78 Å². The topological polar surface area (TPSA) is 72.5 Å². The Morgan fingerprint density at radius 1 is 0.957 bits per heavy atom. The summed E-state index contributed by atoms with van der Waals surface area (Å²) in [5.74, 6) is -0.583. The van der Waals surface area contributed by atoms with E-state index in [1.165, 1.54) is 19.9 Å². The molecule has 2 aromatic rings. The number of esters is 1. The number of hydrogen-bond donors (Lipinski definition) is 1. The van der Waals surface area contributed by atoms with E-state index in [-0.39, 0.29) is 11.7 Å². The van der Waals surface area contributed by atoms with Gasteiger partial charge in [0.1, 0.15) is 5.75 Å². The SMILES string of the molecule is CC(=O)Nc1cc(C(=O)Oc2cccc(C(C)=O)c2)ccc1C. The second-order valence-corrected chi connectivity index (χ2v) is 5.18. The van der Waals surface area contributed by atoms with Crippen LogP contribution in [0.4, 0.5) is 5.69 Å². The van der Waals surface area contributed by atoms with Crippen molar-refractivity contribution in [2.75, 3.05) is 5.32 Å². The van der Waals surface area contributed by atoms with Crippen molar-refractivity contribution < 1.29 is 19.1 Å². The van der Waals surface area contributed by atoms with Crippen LogP contribution in [0.2, 0.25) is 0 Å². The molecule has 0 aliphatic heterocycles. The smallest absolute Gasteiger partial charge is 0.343 e. The summed E-state index contributed by atoms with van der Waals surface area (Å²) in [7, 11) is 0. The summed E-state index contributed by atoms with van der Waals surface area (Å²) < 4.78 is 5.29. The highest BCUT2D eigenvalue weighted by Gasteiger charge is 2.12. The lowest BCUT2D eigenvalue weighted by molar-refractivity contribution is -0.114. The number of carbonyl (C=O) groups excluding carboxylic acids is 3. The number of nitrogens with one attached hydrogen (secondary N) is 1. The number of ether oxygens (including phenoxy) is 1. The lowest BCUT2D eigenvalue weighted by Gasteiger charge is -2.09. The van der Waals surface area contributed by atoms with Crippen molar-refractivity contribution in [2.24, 2.45) is 0 Å². The molecule has 0 bridgehead atoms. The summed E-state index contributed by atoms with van der Waals surface area (Å²) in [6, 6.07) is 11.3. The maximum Gasteiger partial charge on any atom is 0.343 e. The molecule has 0 aliphatic carbocycles. The minimum atomic E-state index is -0.558. The van der Waals surface area contributed by atoms with Crippen molar-refractivity contribution in [1.82, 2.24) is 0 Å². The zero-order chi connectivity index (χ0) is 17.0. The Labute approximate surface area is 134 Å². The lowest BCUT2D eigenvalue weighted by atomic mass is 10.1. The molecule has 0 saturated heterocycles. The van der Waals surface area contributed by atoms with Crippen molar-refractivity contribution in [3.05, 3.63) is 59.2 Å². The summed E-state index contributed by atoms with van der Waals surface area (Å²) in [5, 5.41) is 2.66. The van der Waals surface area contributed by atoms with Crippen LogP contribution in [0.5, 0.6) is 5.75 Å². The predicted octanol–water partition coefficient (Wildman–Crippen LogP) is 3.38. The number of benzene rings is 2. The van der Waals surface area contributed by atoms with Crippen molar-refractivity contribution in [3.8, 4) is 5.75 Å². The molecule has 118 valence electrons. The average molecular weight is 311 g/mol. The van der Waals surface area contributed by atoms with Gasteiger partial charge >= 0.3 is 5.97 Å². The number of rotatable bonds is 4. The largest absolute Gasteiger partial charge is 0.423 e. The minimum Gasteiger partial charge on any atom is -0.423 e. The quantitative estimate of drug-likeness (QED) is 0.534. The van der Waals surface area contributed by atoms with Crippen LogP contribution in [-0.4, -0.2) is 17.7 Å². The fourth-order valence-corrected chi connectivity index (χ4v) is 2.02. The monoisotopic (exact) mass is 311 g/mol. The fourth-order valence-electron chi connectivity index (χ4n) is 2.02. The van der Waals surface area contributed by atoms with Gasteiger partial charge in [-0.25, -0.2) is 4.79 Å². The third-order valence-electron chi connectivity index (χ3n) is 3.24. The summed E-state index contributed by atoms with van der Waals surface area (Å²) in [6.07, 6.45) is 0. The Bertz CT molecular complexity index is 780. The van der Waals surface area contributed by atoms with E-state index in [1.54, 1.807) is 36.4 Å². The number of hydrogen-bond acceptors (Lipinski definition) is 4.